The third-order valence-electron chi connectivity index (χ3n) is 3.93. The molecule has 1 atom stereocenters. The van der Waals surface area contributed by atoms with Crippen LogP contribution in [0.4, 0.5) is 5.82 Å². The van der Waals surface area contributed by atoms with Crippen LogP contribution in [0.1, 0.15) is 33.4 Å². The summed E-state index contributed by atoms with van der Waals surface area (Å²) in [6.45, 7) is 8.81. The van der Waals surface area contributed by atoms with Crippen LogP contribution in [0.3, 0.4) is 0 Å². The molecule has 0 spiro atoms. The van der Waals surface area contributed by atoms with Crippen LogP contribution in [-0.4, -0.2) is 27.6 Å². The van der Waals surface area contributed by atoms with Gasteiger partial charge in [-0.25, -0.2) is 4.98 Å². The maximum absolute atomic E-state index is 9.65. The Hall–Kier alpha value is -1.55. The zero-order chi connectivity index (χ0) is 14.2. The number of nitrogens with zero attached hydrogens (tertiary/aromatic N) is 3. The first kappa shape index (κ1) is 13.9. The number of aromatic nitrogens is 2. The van der Waals surface area contributed by atoms with Gasteiger partial charge in [-0.2, -0.15) is 0 Å². The number of imidazole rings is 1. The lowest BCUT2D eigenvalue weighted by atomic mass is 9.87. The minimum absolute atomic E-state index is 0.0122. The molecule has 0 bridgehead atoms. The number of fused-ring (bicyclic) bond motifs is 1. The van der Waals surface area contributed by atoms with E-state index in [2.05, 4.69) is 37.6 Å². The first-order chi connectivity index (χ1) is 8.86. The Morgan fingerprint density at radius 3 is 2.63 bits per heavy atom. The molecule has 1 N–H and O–H groups in total. The van der Waals surface area contributed by atoms with Crippen LogP contribution in [0.2, 0.25) is 0 Å². The highest BCUT2D eigenvalue weighted by atomic mass is 16.3. The van der Waals surface area contributed by atoms with Crippen molar-refractivity contribution in [2.45, 2.75) is 40.3 Å². The van der Waals surface area contributed by atoms with Crippen molar-refractivity contribution < 1.29 is 5.11 Å². The summed E-state index contributed by atoms with van der Waals surface area (Å²) in [4.78, 5) is 6.80. The average Bonchev–Trinajstić information content (AvgIpc) is 2.74. The summed E-state index contributed by atoms with van der Waals surface area (Å²) in [5.74, 6) is 0.858. The molecule has 0 aromatic carbocycles. The van der Waals surface area contributed by atoms with Crippen LogP contribution >= 0.6 is 0 Å². The highest BCUT2D eigenvalue weighted by molar-refractivity contribution is 5.56. The van der Waals surface area contributed by atoms with E-state index in [9.17, 15) is 5.11 Å². The number of hydrogen-bond acceptors (Lipinski definition) is 3. The molecule has 4 heteroatoms. The molecule has 2 rings (SSSR count). The van der Waals surface area contributed by atoms with Gasteiger partial charge in [-0.3, -0.25) is 4.40 Å². The largest absolute Gasteiger partial charge is 0.390 e. The van der Waals surface area contributed by atoms with Crippen LogP contribution in [-0.2, 0) is 6.61 Å². The second kappa shape index (κ2) is 4.85. The van der Waals surface area contributed by atoms with E-state index in [-0.39, 0.29) is 12.0 Å². The van der Waals surface area contributed by atoms with Crippen molar-refractivity contribution in [3.63, 3.8) is 0 Å². The van der Waals surface area contributed by atoms with E-state index in [1.807, 2.05) is 35.8 Å². The molecule has 1 unspecified atom stereocenters. The van der Waals surface area contributed by atoms with Gasteiger partial charge in [-0.05, 0) is 24.5 Å². The van der Waals surface area contributed by atoms with Crippen LogP contribution in [0.25, 0.3) is 5.65 Å². The highest BCUT2D eigenvalue weighted by Crippen LogP contribution is 2.29. The van der Waals surface area contributed by atoms with E-state index in [0.717, 1.165) is 17.2 Å². The first-order valence-electron chi connectivity index (χ1n) is 6.66. The fraction of sp³-hybridized carbons (Fsp3) is 0.533. The third kappa shape index (κ3) is 2.45. The van der Waals surface area contributed by atoms with E-state index in [1.54, 1.807) is 0 Å². The molecule has 2 aromatic rings. The predicted octanol–water partition coefficient (Wildman–Crippen LogP) is 2.70. The molecule has 0 aliphatic rings. The lowest BCUT2D eigenvalue weighted by Crippen LogP contribution is -2.40. The monoisotopic (exact) mass is 261 g/mol. The van der Waals surface area contributed by atoms with Gasteiger partial charge in [0.25, 0.3) is 0 Å². The quantitative estimate of drug-likeness (QED) is 0.923. The minimum atomic E-state index is -0.0122. The Balaban J connectivity index is 2.50. The summed E-state index contributed by atoms with van der Waals surface area (Å²) >= 11 is 0. The number of pyridine rings is 1. The summed E-state index contributed by atoms with van der Waals surface area (Å²) < 4.78 is 1.95. The molecule has 104 valence electrons. The van der Waals surface area contributed by atoms with E-state index < -0.39 is 0 Å². The molecule has 19 heavy (non-hydrogen) atoms. The van der Waals surface area contributed by atoms with Crippen LogP contribution in [0.15, 0.2) is 24.4 Å². The molecule has 0 saturated carbocycles. The fourth-order valence-electron chi connectivity index (χ4n) is 2.23. The standard InChI is InChI=1S/C15H23N3O/c1-11(15(2,3)4)17(5)14-12(10-19)18-9-7-6-8-13(18)16-14/h6-9,11,19H,10H2,1-5H3. The smallest absolute Gasteiger partial charge is 0.153 e. The van der Waals surface area contributed by atoms with E-state index in [1.165, 1.54) is 0 Å². The zero-order valence-electron chi connectivity index (χ0n) is 12.4. The van der Waals surface area contributed by atoms with Gasteiger partial charge in [-0.1, -0.05) is 26.8 Å². The van der Waals surface area contributed by atoms with Crippen molar-refractivity contribution in [2.24, 2.45) is 5.41 Å². The van der Waals surface area contributed by atoms with Gasteiger partial charge < -0.3 is 10.0 Å². The molecule has 0 saturated heterocycles. The van der Waals surface area contributed by atoms with E-state index in [4.69, 9.17) is 0 Å². The summed E-state index contributed by atoms with van der Waals surface area (Å²) in [5.41, 5.74) is 1.86. The van der Waals surface area contributed by atoms with Crippen molar-refractivity contribution in [3.05, 3.63) is 30.1 Å². The molecule has 2 aromatic heterocycles. The van der Waals surface area contributed by atoms with Crippen LogP contribution in [0, 0.1) is 5.41 Å². The Kier molecular flexibility index (Phi) is 3.54. The second-order valence-electron chi connectivity index (χ2n) is 6.12. The summed E-state index contributed by atoms with van der Waals surface area (Å²) in [6.07, 6.45) is 1.94. The van der Waals surface area contributed by atoms with Crippen LogP contribution in [0.5, 0.6) is 0 Å². The number of aliphatic hydroxyl groups excluding tert-OH is 1. The molecular weight excluding hydrogens is 238 g/mol. The fourth-order valence-corrected chi connectivity index (χ4v) is 2.23. The number of hydrogen-bond donors (Lipinski definition) is 1. The molecule has 0 fully saturated rings. The molecular formula is C15H23N3O. The summed E-state index contributed by atoms with van der Waals surface area (Å²) in [5, 5.41) is 9.65. The molecule has 0 aliphatic heterocycles. The average molecular weight is 261 g/mol. The van der Waals surface area contributed by atoms with Crippen molar-refractivity contribution in [1.29, 1.82) is 0 Å². The van der Waals surface area contributed by atoms with Gasteiger partial charge in [0.2, 0.25) is 0 Å². The van der Waals surface area contributed by atoms with E-state index >= 15 is 0 Å². The SMILES string of the molecule is CC(N(C)c1nc2ccccn2c1CO)C(C)(C)C. The number of rotatable bonds is 3. The molecule has 2 heterocycles. The molecule has 4 nitrogen and oxygen atoms in total. The molecule has 0 aliphatic carbocycles. The Morgan fingerprint density at radius 1 is 1.37 bits per heavy atom. The first-order valence-corrected chi connectivity index (χ1v) is 6.66. The maximum atomic E-state index is 9.65. The highest BCUT2D eigenvalue weighted by Gasteiger charge is 2.27. The van der Waals surface area contributed by atoms with Crippen molar-refractivity contribution in [3.8, 4) is 0 Å². The minimum Gasteiger partial charge on any atom is -0.390 e. The van der Waals surface area contributed by atoms with Crippen molar-refractivity contribution >= 4 is 11.5 Å². The van der Waals surface area contributed by atoms with Gasteiger partial charge in [0, 0.05) is 19.3 Å². The molecule has 0 amide bonds. The maximum Gasteiger partial charge on any atom is 0.153 e. The number of aliphatic hydroxyl groups is 1. The van der Waals surface area contributed by atoms with Crippen LogP contribution < -0.4 is 4.90 Å². The lowest BCUT2D eigenvalue weighted by Gasteiger charge is -2.36. The van der Waals surface area contributed by atoms with E-state index in [0.29, 0.717) is 6.04 Å². The van der Waals surface area contributed by atoms with Gasteiger partial charge in [-0.15, -0.1) is 0 Å². The van der Waals surface area contributed by atoms with Crippen molar-refractivity contribution in [2.75, 3.05) is 11.9 Å². The zero-order valence-corrected chi connectivity index (χ0v) is 12.4. The van der Waals surface area contributed by atoms with Gasteiger partial charge in [0.1, 0.15) is 5.65 Å². The third-order valence-corrected chi connectivity index (χ3v) is 3.93. The summed E-state index contributed by atoms with van der Waals surface area (Å²) in [6, 6.07) is 6.19. The van der Waals surface area contributed by atoms with Gasteiger partial charge >= 0.3 is 0 Å². The molecule has 0 radical (unpaired) electrons. The normalized spacial score (nSPS) is 13.8. The van der Waals surface area contributed by atoms with Gasteiger partial charge in [0.15, 0.2) is 5.82 Å². The lowest BCUT2D eigenvalue weighted by molar-refractivity contribution is 0.274. The number of anilines is 1. The van der Waals surface area contributed by atoms with Crippen molar-refractivity contribution in [1.82, 2.24) is 9.38 Å². The predicted molar refractivity (Wildman–Crippen MR) is 78.4 cm³/mol. The van der Waals surface area contributed by atoms with Gasteiger partial charge in [0.05, 0.1) is 12.3 Å². The summed E-state index contributed by atoms with van der Waals surface area (Å²) in [7, 11) is 2.04. The Bertz CT molecular complexity index is 568. The Labute approximate surface area is 114 Å². The second-order valence-corrected chi connectivity index (χ2v) is 6.12. The Morgan fingerprint density at radius 2 is 2.05 bits per heavy atom. The topological polar surface area (TPSA) is 40.8 Å².